The predicted molar refractivity (Wildman–Crippen MR) is 79.7 cm³/mol. The number of hydrogen-bond donors (Lipinski definition) is 5. The molecule has 0 amide bonds. The zero-order chi connectivity index (χ0) is 15.1. The van der Waals surface area contributed by atoms with Gasteiger partial charge in [0.15, 0.2) is 0 Å². The molecule has 1 atom stereocenters. The lowest BCUT2D eigenvalue weighted by Crippen LogP contribution is -2.18. The van der Waals surface area contributed by atoms with E-state index in [0.717, 1.165) is 0 Å². The van der Waals surface area contributed by atoms with Crippen LogP contribution in [0.2, 0.25) is 0 Å². The fraction of sp³-hybridized carbons (Fsp3) is 0. The highest BCUT2D eigenvalue weighted by molar-refractivity contribution is 7.82. The number of hydrogen-bond acceptors (Lipinski definition) is 5. The molecule has 0 fully saturated rings. The molecule has 0 aliphatic heterocycles. The van der Waals surface area contributed by atoms with E-state index in [1.807, 2.05) is 6.07 Å². The minimum atomic E-state index is -1.69. The Balaban J connectivity index is 0.000000956. The Kier molecular flexibility index (Phi) is 5.94. The quantitative estimate of drug-likeness (QED) is 0.230. The molecule has 8 heteroatoms. The van der Waals surface area contributed by atoms with Gasteiger partial charge in [-0.3, -0.25) is 22.1 Å². The number of nitrogens with two attached hydrogens (primary N) is 4. The molecule has 0 radical (unpaired) electrons. The average Bonchev–Trinajstić information content (AvgIpc) is 2.49. The van der Waals surface area contributed by atoms with Crippen molar-refractivity contribution in [2.24, 2.45) is 22.6 Å². The van der Waals surface area contributed by atoms with Crippen LogP contribution in [0.5, 0.6) is 0 Å². The maximum absolute atomic E-state index is 11.5. The summed E-state index contributed by atoms with van der Waals surface area (Å²) in [7, 11) is -1.69. The van der Waals surface area contributed by atoms with Crippen molar-refractivity contribution in [2.75, 3.05) is 0 Å². The summed E-state index contributed by atoms with van der Waals surface area (Å²) in [5, 5.41) is 13.0. The fourth-order valence-electron chi connectivity index (χ4n) is 1.71. The van der Waals surface area contributed by atoms with Crippen molar-refractivity contribution in [1.29, 1.82) is 5.41 Å². The van der Waals surface area contributed by atoms with Crippen molar-refractivity contribution in [3.63, 3.8) is 0 Å². The van der Waals surface area contributed by atoms with E-state index < -0.39 is 11.0 Å². The summed E-state index contributed by atoms with van der Waals surface area (Å²) in [5.74, 6) is 7.82. The Morgan fingerprint density at radius 2 is 1.85 bits per heavy atom. The van der Waals surface area contributed by atoms with Crippen LogP contribution in [0.15, 0.2) is 47.5 Å². The summed E-state index contributed by atoms with van der Waals surface area (Å²) in [4.78, 5) is 4.54. The lowest BCUT2D eigenvalue weighted by atomic mass is 10.0. The highest BCUT2D eigenvalue weighted by atomic mass is 32.2. The highest BCUT2D eigenvalue weighted by Crippen LogP contribution is 2.25. The van der Waals surface area contributed by atoms with Crippen LogP contribution in [0.3, 0.4) is 0 Å². The molecule has 0 spiro atoms. The second-order valence-electron chi connectivity index (χ2n) is 3.60. The third-order valence-electron chi connectivity index (χ3n) is 2.45. The van der Waals surface area contributed by atoms with Crippen molar-refractivity contribution in [3.05, 3.63) is 48.2 Å². The normalized spacial score (nSPS) is 11.2. The average molecular weight is 292 g/mol. The van der Waals surface area contributed by atoms with Gasteiger partial charge in [0.2, 0.25) is 0 Å². The van der Waals surface area contributed by atoms with E-state index in [4.69, 9.17) is 16.3 Å². The van der Waals surface area contributed by atoms with Crippen LogP contribution >= 0.6 is 0 Å². The van der Waals surface area contributed by atoms with E-state index in [0.29, 0.717) is 21.7 Å². The van der Waals surface area contributed by atoms with Gasteiger partial charge in [-0.1, -0.05) is 18.2 Å². The first-order valence-corrected chi connectivity index (χ1v) is 6.71. The van der Waals surface area contributed by atoms with E-state index in [1.165, 1.54) is 0 Å². The molecule has 0 aliphatic rings. The Hall–Kier alpha value is -2.13. The molecular weight excluding hydrogens is 276 g/mol. The second kappa shape index (κ2) is 7.46. The van der Waals surface area contributed by atoms with Gasteiger partial charge < -0.3 is 5.73 Å². The largest absolute Gasteiger partial charge is 0.384 e. The lowest BCUT2D eigenvalue weighted by Gasteiger charge is -2.11. The van der Waals surface area contributed by atoms with Gasteiger partial charge >= 0.3 is 0 Å². The van der Waals surface area contributed by atoms with Gasteiger partial charge in [-0.2, -0.15) is 0 Å². The highest BCUT2D eigenvalue weighted by Gasteiger charge is 2.15. The molecule has 2 rings (SSSR count). The Bertz CT molecular complexity index is 617. The molecule has 2 aromatic rings. The van der Waals surface area contributed by atoms with E-state index in [-0.39, 0.29) is 5.84 Å². The summed E-state index contributed by atoms with van der Waals surface area (Å²) >= 11 is 0. The molecule has 0 aliphatic carbocycles. The lowest BCUT2D eigenvalue weighted by molar-refractivity contribution is 0.684. The molecule has 1 aromatic carbocycles. The van der Waals surface area contributed by atoms with Crippen molar-refractivity contribution in [1.82, 2.24) is 4.98 Å². The summed E-state index contributed by atoms with van der Waals surface area (Å²) in [5.41, 5.74) is 7.24. The number of nitrogens with zero attached hydrogens (tertiary/aromatic N) is 1. The van der Waals surface area contributed by atoms with Crippen molar-refractivity contribution >= 4 is 16.8 Å². The number of aromatic nitrogens is 1. The maximum atomic E-state index is 11.5. The number of hydrazine groups is 1. The Morgan fingerprint density at radius 1 is 1.15 bits per heavy atom. The fourth-order valence-corrected chi connectivity index (χ4v) is 2.35. The second-order valence-corrected chi connectivity index (χ2v) is 4.64. The van der Waals surface area contributed by atoms with Crippen LogP contribution in [0.4, 0.5) is 0 Å². The summed E-state index contributed by atoms with van der Waals surface area (Å²) in [6.07, 6.45) is 1.64. The molecule has 1 unspecified atom stereocenters. The standard InChI is InChI=1S/C12H12N4OS.H4N2/c13-12(14)11-8(9-5-1-2-7-16-9)4-3-6-10(11)18(15)17;1-2/h1-7H,15H2,(H3,13,14);1-2H2. The van der Waals surface area contributed by atoms with Gasteiger partial charge in [-0.15, -0.1) is 0 Å². The molecule has 7 nitrogen and oxygen atoms in total. The molecule has 1 heterocycles. The molecule has 0 saturated heterocycles. The number of benzene rings is 1. The first kappa shape index (κ1) is 15.9. The number of nitrogens with one attached hydrogen (secondary N) is 1. The zero-order valence-corrected chi connectivity index (χ0v) is 11.4. The van der Waals surface area contributed by atoms with Gasteiger partial charge in [-0.25, -0.2) is 9.35 Å². The first-order valence-electron chi connectivity index (χ1n) is 5.49. The van der Waals surface area contributed by atoms with Crippen LogP contribution < -0.4 is 22.6 Å². The Morgan fingerprint density at radius 3 is 2.35 bits per heavy atom. The third kappa shape index (κ3) is 3.45. The first-order chi connectivity index (χ1) is 9.61. The van der Waals surface area contributed by atoms with Crippen molar-refractivity contribution in [2.45, 2.75) is 4.90 Å². The number of pyridine rings is 1. The van der Waals surface area contributed by atoms with E-state index in [2.05, 4.69) is 16.7 Å². The van der Waals surface area contributed by atoms with E-state index >= 15 is 0 Å². The van der Waals surface area contributed by atoms with Crippen LogP contribution in [-0.2, 0) is 11.0 Å². The van der Waals surface area contributed by atoms with Crippen molar-refractivity contribution < 1.29 is 4.21 Å². The molecule has 20 heavy (non-hydrogen) atoms. The topological polar surface area (TPSA) is 158 Å². The minimum absolute atomic E-state index is 0.176. The monoisotopic (exact) mass is 292 g/mol. The smallest absolute Gasteiger partial charge is 0.124 e. The Labute approximate surface area is 119 Å². The predicted octanol–water partition coefficient (Wildman–Crippen LogP) is -0.167. The molecule has 9 N–H and O–H groups in total. The molecule has 1 aromatic heterocycles. The molecule has 106 valence electrons. The summed E-state index contributed by atoms with van der Waals surface area (Å²) in [6, 6.07) is 10.5. The molecule has 0 bridgehead atoms. The minimum Gasteiger partial charge on any atom is -0.384 e. The summed E-state index contributed by atoms with van der Waals surface area (Å²) in [6.45, 7) is 0. The molecule has 0 saturated carbocycles. The number of nitrogen functional groups attached to an aromatic ring is 1. The SMILES string of the molecule is N=C(N)c1c(-c2ccccn2)cccc1S(N)=O.NN. The zero-order valence-electron chi connectivity index (χ0n) is 10.6. The third-order valence-corrected chi connectivity index (χ3v) is 3.23. The van der Waals surface area contributed by atoms with Gasteiger partial charge in [0.1, 0.15) is 16.8 Å². The maximum Gasteiger partial charge on any atom is 0.124 e. The molecular formula is C12H16N6OS. The van der Waals surface area contributed by atoms with Crippen LogP contribution in [0.25, 0.3) is 11.3 Å². The van der Waals surface area contributed by atoms with Crippen molar-refractivity contribution in [3.8, 4) is 11.3 Å². The van der Waals surface area contributed by atoms with Gasteiger partial charge in [0, 0.05) is 17.3 Å². The number of rotatable bonds is 3. The van der Waals surface area contributed by atoms with Crippen LogP contribution in [0.1, 0.15) is 5.56 Å². The summed E-state index contributed by atoms with van der Waals surface area (Å²) < 4.78 is 11.5. The van der Waals surface area contributed by atoms with Crippen LogP contribution in [0, 0.1) is 5.41 Å². The van der Waals surface area contributed by atoms with Gasteiger partial charge in [0.05, 0.1) is 10.6 Å². The van der Waals surface area contributed by atoms with E-state index in [1.54, 1.807) is 36.5 Å². The van der Waals surface area contributed by atoms with Gasteiger partial charge in [-0.05, 0) is 18.2 Å². The van der Waals surface area contributed by atoms with Crippen LogP contribution in [-0.4, -0.2) is 15.0 Å². The number of amidine groups is 1. The van der Waals surface area contributed by atoms with E-state index in [9.17, 15) is 4.21 Å². The van der Waals surface area contributed by atoms with Gasteiger partial charge in [0.25, 0.3) is 0 Å².